The first-order valence-corrected chi connectivity index (χ1v) is 10.3. The predicted octanol–water partition coefficient (Wildman–Crippen LogP) is 2.44. The summed E-state index contributed by atoms with van der Waals surface area (Å²) in [6, 6.07) is 2.02. The van der Waals surface area contributed by atoms with Gasteiger partial charge in [-0.2, -0.15) is 0 Å². The highest BCUT2D eigenvalue weighted by Gasteiger charge is 2.33. The molecule has 8 heteroatoms. The number of rotatable bonds is 5. The quantitative estimate of drug-likeness (QED) is 0.732. The van der Waals surface area contributed by atoms with Gasteiger partial charge in [0.05, 0.1) is 6.04 Å². The van der Waals surface area contributed by atoms with Gasteiger partial charge in [0.15, 0.2) is 5.82 Å². The first-order valence-electron chi connectivity index (χ1n) is 10.3. The molecule has 5 rings (SSSR count). The van der Waals surface area contributed by atoms with Crippen LogP contribution in [0.25, 0.3) is 11.5 Å². The molecule has 0 bridgehead atoms. The van der Waals surface area contributed by atoms with Crippen LogP contribution in [0.1, 0.15) is 56.5 Å². The highest BCUT2D eigenvalue weighted by atomic mass is 16.1. The molecule has 0 spiro atoms. The van der Waals surface area contributed by atoms with E-state index in [1.807, 2.05) is 10.6 Å². The van der Waals surface area contributed by atoms with Gasteiger partial charge in [0.2, 0.25) is 0 Å². The van der Waals surface area contributed by atoms with Crippen LogP contribution < -0.4 is 11.0 Å². The molecular formula is C20H25N7O. The minimum atomic E-state index is -0.0000838. The monoisotopic (exact) mass is 379 g/mol. The maximum Gasteiger partial charge on any atom is 0.331 e. The number of hydrogen-bond acceptors (Lipinski definition) is 6. The van der Waals surface area contributed by atoms with Gasteiger partial charge >= 0.3 is 5.69 Å². The van der Waals surface area contributed by atoms with Crippen molar-refractivity contribution in [3.8, 4) is 11.5 Å². The van der Waals surface area contributed by atoms with Crippen molar-refractivity contribution >= 4 is 5.82 Å². The van der Waals surface area contributed by atoms with Crippen LogP contribution >= 0.6 is 0 Å². The van der Waals surface area contributed by atoms with E-state index in [1.54, 1.807) is 17.1 Å². The molecule has 1 fully saturated rings. The standard InChI is InChI=1S/C20H25N7O/c1-2-9-26-19-16(24-17(25-19)13-5-3-4-6-13)18-23-15(11-27(18)20(26)28)10-14-7-8-21-12-22-14/h7-8,12-13,15,23H,2-6,9-11H2,1H3. The summed E-state index contributed by atoms with van der Waals surface area (Å²) in [5.41, 5.74) is 1.80. The lowest BCUT2D eigenvalue weighted by Crippen LogP contribution is -2.32. The van der Waals surface area contributed by atoms with E-state index in [1.165, 1.54) is 12.8 Å². The summed E-state index contributed by atoms with van der Waals surface area (Å²) in [5.74, 6) is 2.88. The van der Waals surface area contributed by atoms with Crippen molar-refractivity contribution in [1.29, 1.82) is 0 Å². The Balaban J connectivity index is 1.55. The number of nitrogens with one attached hydrogen (secondary N) is 1. The number of nitrogens with zero attached hydrogens (tertiary/aromatic N) is 6. The summed E-state index contributed by atoms with van der Waals surface area (Å²) < 4.78 is 3.63. The molecule has 0 amide bonds. The van der Waals surface area contributed by atoms with Gasteiger partial charge in [0.1, 0.15) is 23.7 Å². The van der Waals surface area contributed by atoms with Crippen LogP contribution in [0.2, 0.25) is 0 Å². The van der Waals surface area contributed by atoms with Crippen LogP contribution in [0, 0.1) is 0 Å². The molecule has 1 unspecified atom stereocenters. The molecule has 146 valence electrons. The molecule has 1 saturated carbocycles. The smallest absolute Gasteiger partial charge is 0.331 e. The topological polar surface area (TPSA) is 90.5 Å². The van der Waals surface area contributed by atoms with Gasteiger partial charge in [0, 0.05) is 37.3 Å². The summed E-state index contributed by atoms with van der Waals surface area (Å²) in [4.78, 5) is 31.2. The molecule has 3 aliphatic heterocycles. The fraction of sp³-hybridized carbons (Fsp3) is 0.550. The summed E-state index contributed by atoms with van der Waals surface area (Å²) in [5, 5.41) is 3.53. The van der Waals surface area contributed by atoms with Crippen LogP contribution in [0.4, 0.5) is 5.82 Å². The summed E-state index contributed by atoms with van der Waals surface area (Å²) in [6.07, 6.45) is 9.71. The van der Waals surface area contributed by atoms with Gasteiger partial charge in [0.25, 0.3) is 0 Å². The zero-order valence-electron chi connectivity index (χ0n) is 16.1. The van der Waals surface area contributed by atoms with Crippen molar-refractivity contribution in [2.24, 2.45) is 0 Å². The van der Waals surface area contributed by atoms with Crippen molar-refractivity contribution in [3.63, 3.8) is 0 Å². The molecule has 1 atom stereocenters. The molecule has 8 nitrogen and oxygen atoms in total. The molecule has 4 aliphatic rings. The molecule has 0 radical (unpaired) electrons. The second kappa shape index (κ2) is 7.00. The van der Waals surface area contributed by atoms with E-state index in [0.717, 1.165) is 54.5 Å². The lowest BCUT2D eigenvalue weighted by atomic mass is 10.1. The van der Waals surface area contributed by atoms with E-state index in [-0.39, 0.29) is 11.7 Å². The largest absolute Gasteiger partial charge is 0.365 e. The summed E-state index contributed by atoms with van der Waals surface area (Å²) >= 11 is 0. The minimum absolute atomic E-state index is 0.0000838. The van der Waals surface area contributed by atoms with Crippen molar-refractivity contribution in [2.45, 2.75) is 70.5 Å². The van der Waals surface area contributed by atoms with E-state index in [0.29, 0.717) is 19.0 Å². The Morgan fingerprint density at radius 3 is 2.86 bits per heavy atom. The Labute approximate surface area is 163 Å². The van der Waals surface area contributed by atoms with Crippen LogP contribution in [0.3, 0.4) is 0 Å². The molecule has 0 aromatic carbocycles. The van der Waals surface area contributed by atoms with E-state index in [9.17, 15) is 4.79 Å². The van der Waals surface area contributed by atoms with E-state index in [2.05, 4.69) is 22.2 Å². The van der Waals surface area contributed by atoms with E-state index < -0.39 is 0 Å². The third-order valence-electron chi connectivity index (χ3n) is 5.88. The fourth-order valence-electron chi connectivity index (χ4n) is 4.53. The Morgan fingerprint density at radius 1 is 1.25 bits per heavy atom. The fourth-order valence-corrected chi connectivity index (χ4v) is 4.53. The molecule has 28 heavy (non-hydrogen) atoms. The number of hydrogen-bond donors (Lipinski definition) is 1. The second-order valence-corrected chi connectivity index (χ2v) is 7.87. The van der Waals surface area contributed by atoms with Crippen molar-refractivity contribution in [3.05, 3.63) is 40.6 Å². The first-order chi connectivity index (χ1) is 13.7. The number of fused-ring (bicyclic) bond motifs is 3. The van der Waals surface area contributed by atoms with Crippen molar-refractivity contribution < 1.29 is 0 Å². The number of anilines is 1. The Hall–Kier alpha value is -2.77. The van der Waals surface area contributed by atoms with Gasteiger partial charge in [-0.15, -0.1) is 0 Å². The Kier molecular flexibility index (Phi) is 4.33. The van der Waals surface area contributed by atoms with Gasteiger partial charge < -0.3 is 5.32 Å². The van der Waals surface area contributed by atoms with Crippen LogP contribution in [-0.4, -0.2) is 35.1 Å². The van der Waals surface area contributed by atoms with Gasteiger partial charge in [-0.3, -0.25) is 9.13 Å². The number of aromatic nitrogens is 6. The van der Waals surface area contributed by atoms with Gasteiger partial charge in [-0.05, 0) is 25.3 Å². The van der Waals surface area contributed by atoms with Crippen molar-refractivity contribution in [1.82, 2.24) is 29.1 Å². The molecule has 0 saturated heterocycles. The zero-order valence-corrected chi connectivity index (χ0v) is 16.1. The molecular weight excluding hydrogens is 354 g/mol. The average Bonchev–Trinajstić information content (AvgIpc) is 3.44. The normalized spacial score (nSPS) is 19.2. The SMILES string of the molecule is CCCn1c2nc(C3CCCC3)nc-2c2n(c1=O)CC(Cc1ccncn1)N2. The number of imidazole rings is 1. The zero-order chi connectivity index (χ0) is 19.1. The third-order valence-corrected chi connectivity index (χ3v) is 5.88. The highest BCUT2D eigenvalue weighted by molar-refractivity contribution is 5.70. The second-order valence-electron chi connectivity index (χ2n) is 7.87. The maximum absolute atomic E-state index is 13.2. The lowest BCUT2D eigenvalue weighted by Gasteiger charge is -2.13. The molecule has 1 N–H and O–H groups in total. The third kappa shape index (κ3) is 2.87. The summed E-state index contributed by atoms with van der Waals surface area (Å²) in [6.45, 7) is 3.36. The Bertz CT molecular complexity index is 1000. The lowest BCUT2D eigenvalue weighted by molar-refractivity contribution is 0.558. The minimum Gasteiger partial charge on any atom is -0.365 e. The molecule has 1 aliphatic carbocycles. The van der Waals surface area contributed by atoms with Crippen LogP contribution in [0.15, 0.2) is 23.4 Å². The van der Waals surface area contributed by atoms with E-state index in [4.69, 9.17) is 9.97 Å². The van der Waals surface area contributed by atoms with Gasteiger partial charge in [-0.1, -0.05) is 19.8 Å². The average molecular weight is 379 g/mol. The highest BCUT2D eigenvalue weighted by Crippen LogP contribution is 2.37. The molecule has 4 heterocycles. The Morgan fingerprint density at radius 2 is 2.11 bits per heavy atom. The molecule has 1 aromatic heterocycles. The van der Waals surface area contributed by atoms with Gasteiger partial charge in [-0.25, -0.2) is 24.7 Å². The molecule has 1 aromatic rings. The van der Waals surface area contributed by atoms with E-state index >= 15 is 0 Å². The maximum atomic E-state index is 13.2. The van der Waals surface area contributed by atoms with Crippen LogP contribution in [0.5, 0.6) is 0 Å². The van der Waals surface area contributed by atoms with Crippen molar-refractivity contribution in [2.75, 3.05) is 5.32 Å². The first kappa shape index (κ1) is 17.3. The van der Waals surface area contributed by atoms with Crippen LogP contribution in [-0.2, 0) is 19.5 Å². The predicted molar refractivity (Wildman–Crippen MR) is 106 cm³/mol. The summed E-state index contributed by atoms with van der Waals surface area (Å²) in [7, 11) is 0.